The number of nitrogens with two attached hydrogens (primary N) is 1. The molecule has 2 atom stereocenters. The second-order valence-electron chi connectivity index (χ2n) is 5.13. The van der Waals surface area contributed by atoms with Crippen molar-refractivity contribution in [1.82, 2.24) is 5.32 Å². The highest BCUT2D eigenvalue weighted by atomic mass is 32.2. The molecule has 3 nitrogen and oxygen atoms in total. The Hall–Kier alpha value is -1.16. The number of hydrogen-bond donors (Lipinski definition) is 2. The van der Waals surface area contributed by atoms with Crippen LogP contribution >= 0.6 is 11.8 Å². The number of rotatable bonds is 4. The molecule has 1 aliphatic rings. The zero-order chi connectivity index (χ0) is 13.8. The fourth-order valence-electron chi connectivity index (χ4n) is 2.54. The number of amides is 1. The Balaban J connectivity index is 1.92. The van der Waals surface area contributed by atoms with E-state index in [1.54, 1.807) is 12.1 Å². The van der Waals surface area contributed by atoms with Gasteiger partial charge in [-0.3, -0.25) is 4.79 Å². The molecule has 104 valence electrons. The molecule has 1 fully saturated rings. The van der Waals surface area contributed by atoms with Crippen molar-refractivity contribution in [3.05, 3.63) is 29.3 Å². The third-order valence-electron chi connectivity index (χ3n) is 3.65. The van der Waals surface area contributed by atoms with Crippen LogP contribution < -0.4 is 11.1 Å². The number of nitrogen functional groups attached to an aromatic ring is 1. The first-order chi connectivity index (χ1) is 9.10. The molecule has 2 unspecified atom stereocenters. The third kappa shape index (κ3) is 3.66. The van der Waals surface area contributed by atoms with Gasteiger partial charge in [-0.05, 0) is 55.7 Å². The summed E-state index contributed by atoms with van der Waals surface area (Å²) in [5, 5.41) is 3.85. The Morgan fingerprint density at radius 3 is 2.95 bits per heavy atom. The molecular weight excluding hydrogens is 256 g/mol. The fraction of sp³-hybridized carbons (Fsp3) is 0.533. The number of hydrogen-bond acceptors (Lipinski definition) is 3. The van der Waals surface area contributed by atoms with Gasteiger partial charge in [-0.25, -0.2) is 0 Å². The average molecular weight is 278 g/mol. The molecule has 0 radical (unpaired) electrons. The van der Waals surface area contributed by atoms with Crippen LogP contribution in [0.25, 0.3) is 0 Å². The van der Waals surface area contributed by atoms with Gasteiger partial charge in [0.25, 0.3) is 5.91 Å². The summed E-state index contributed by atoms with van der Waals surface area (Å²) in [5.41, 5.74) is 8.17. The van der Waals surface area contributed by atoms with Crippen LogP contribution in [-0.4, -0.2) is 23.0 Å². The van der Waals surface area contributed by atoms with Crippen LogP contribution in [-0.2, 0) is 0 Å². The predicted molar refractivity (Wildman–Crippen MR) is 82.6 cm³/mol. The van der Waals surface area contributed by atoms with E-state index in [1.807, 2.05) is 24.8 Å². The molecule has 0 heterocycles. The average Bonchev–Trinajstić information content (AvgIpc) is 2.80. The lowest BCUT2D eigenvalue weighted by molar-refractivity contribution is 0.0938. The summed E-state index contributed by atoms with van der Waals surface area (Å²) in [6.45, 7) is 4.11. The first-order valence-corrected chi connectivity index (χ1v) is 7.93. The zero-order valence-corrected chi connectivity index (χ0v) is 12.4. The van der Waals surface area contributed by atoms with Gasteiger partial charge in [0.05, 0.1) is 0 Å². The van der Waals surface area contributed by atoms with Crippen molar-refractivity contribution >= 4 is 23.4 Å². The Kier molecular flexibility index (Phi) is 4.75. The van der Waals surface area contributed by atoms with E-state index in [4.69, 9.17) is 5.73 Å². The number of carbonyl (C=O) groups excluding carboxylic acids is 1. The van der Waals surface area contributed by atoms with Crippen LogP contribution in [0.5, 0.6) is 0 Å². The Morgan fingerprint density at radius 2 is 2.26 bits per heavy atom. The molecule has 1 aromatic carbocycles. The van der Waals surface area contributed by atoms with Crippen molar-refractivity contribution in [2.45, 2.75) is 44.4 Å². The lowest BCUT2D eigenvalue weighted by Crippen LogP contribution is -2.33. The van der Waals surface area contributed by atoms with E-state index in [-0.39, 0.29) is 5.91 Å². The summed E-state index contributed by atoms with van der Waals surface area (Å²) in [7, 11) is 0. The van der Waals surface area contributed by atoms with E-state index in [0.29, 0.717) is 16.9 Å². The maximum Gasteiger partial charge on any atom is 0.251 e. The molecule has 19 heavy (non-hydrogen) atoms. The number of carbonyl (C=O) groups is 1. The molecule has 1 saturated carbocycles. The number of thioether (sulfide) groups is 1. The standard InChI is InChI=1S/C15H22N2OS/c1-3-19-13-6-5-12(9-13)17-15(18)11-4-7-14(16)10(2)8-11/h4,7-8,12-13H,3,5-6,9,16H2,1-2H3,(H,17,18). The molecular formula is C15H22N2OS. The summed E-state index contributed by atoms with van der Waals surface area (Å²) in [6.07, 6.45) is 3.40. The molecule has 0 aliphatic heterocycles. The molecule has 1 amide bonds. The maximum atomic E-state index is 12.2. The van der Waals surface area contributed by atoms with Crippen molar-refractivity contribution in [2.75, 3.05) is 11.5 Å². The molecule has 0 bridgehead atoms. The Labute approximate surface area is 119 Å². The van der Waals surface area contributed by atoms with Crippen LogP contribution in [0.4, 0.5) is 5.69 Å². The molecule has 0 spiro atoms. The zero-order valence-electron chi connectivity index (χ0n) is 11.6. The SMILES string of the molecule is CCSC1CCC(NC(=O)c2ccc(N)c(C)c2)C1. The minimum absolute atomic E-state index is 0.0234. The minimum Gasteiger partial charge on any atom is -0.399 e. The highest BCUT2D eigenvalue weighted by Gasteiger charge is 2.25. The fourth-order valence-corrected chi connectivity index (χ4v) is 3.69. The molecule has 1 aromatic rings. The van der Waals surface area contributed by atoms with Crippen LogP contribution in [0.1, 0.15) is 42.1 Å². The van der Waals surface area contributed by atoms with Gasteiger partial charge in [0.15, 0.2) is 0 Å². The third-order valence-corrected chi connectivity index (χ3v) is 4.89. The van der Waals surface area contributed by atoms with Crippen LogP contribution in [0.3, 0.4) is 0 Å². The smallest absolute Gasteiger partial charge is 0.251 e. The van der Waals surface area contributed by atoms with Gasteiger partial charge in [0.2, 0.25) is 0 Å². The van der Waals surface area contributed by atoms with Crippen molar-refractivity contribution in [1.29, 1.82) is 0 Å². The van der Waals surface area contributed by atoms with Crippen molar-refractivity contribution in [3.63, 3.8) is 0 Å². The molecule has 4 heteroatoms. The van der Waals surface area contributed by atoms with Gasteiger partial charge in [0, 0.05) is 22.5 Å². The summed E-state index contributed by atoms with van der Waals surface area (Å²) >= 11 is 2.00. The van der Waals surface area contributed by atoms with E-state index >= 15 is 0 Å². The Bertz CT molecular complexity index is 461. The number of aryl methyl sites for hydroxylation is 1. The number of anilines is 1. The van der Waals surface area contributed by atoms with E-state index in [0.717, 1.165) is 29.8 Å². The van der Waals surface area contributed by atoms with Crippen molar-refractivity contribution in [2.24, 2.45) is 0 Å². The molecule has 0 aromatic heterocycles. The van der Waals surface area contributed by atoms with Crippen LogP contribution in [0.2, 0.25) is 0 Å². The van der Waals surface area contributed by atoms with Crippen molar-refractivity contribution < 1.29 is 4.79 Å². The predicted octanol–water partition coefficient (Wildman–Crippen LogP) is 2.98. The quantitative estimate of drug-likeness (QED) is 0.833. The van der Waals surface area contributed by atoms with E-state index in [2.05, 4.69) is 12.2 Å². The minimum atomic E-state index is 0.0234. The molecule has 0 saturated heterocycles. The maximum absolute atomic E-state index is 12.2. The normalized spacial score (nSPS) is 22.4. The molecule has 3 N–H and O–H groups in total. The summed E-state index contributed by atoms with van der Waals surface area (Å²) in [4.78, 5) is 12.2. The van der Waals surface area contributed by atoms with Gasteiger partial charge >= 0.3 is 0 Å². The van der Waals surface area contributed by atoms with E-state index < -0.39 is 0 Å². The van der Waals surface area contributed by atoms with E-state index in [1.165, 1.54) is 6.42 Å². The largest absolute Gasteiger partial charge is 0.399 e. The number of benzene rings is 1. The lowest BCUT2D eigenvalue weighted by Gasteiger charge is -2.13. The van der Waals surface area contributed by atoms with Crippen molar-refractivity contribution in [3.8, 4) is 0 Å². The first-order valence-electron chi connectivity index (χ1n) is 6.88. The van der Waals surface area contributed by atoms with E-state index in [9.17, 15) is 4.79 Å². The van der Waals surface area contributed by atoms with Gasteiger partial charge in [0.1, 0.15) is 0 Å². The van der Waals surface area contributed by atoms with Crippen LogP contribution in [0.15, 0.2) is 18.2 Å². The lowest BCUT2D eigenvalue weighted by atomic mass is 10.1. The Morgan fingerprint density at radius 1 is 1.47 bits per heavy atom. The van der Waals surface area contributed by atoms with Gasteiger partial charge < -0.3 is 11.1 Å². The van der Waals surface area contributed by atoms with Gasteiger partial charge in [-0.2, -0.15) is 11.8 Å². The summed E-state index contributed by atoms with van der Waals surface area (Å²) in [6, 6.07) is 5.78. The molecule has 2 rings (SSSR count). The highest BCUT2D eigenvalue weighted by molar-refractivity contribution is 7.99. The first kappa shape index (κ1) is 14.3. The topological polar surface area (TPSA) is 55.1 Å². The summed E-state index contributed by atoms with van der Waals surface area (Å²) < 4.78 is 0. The van der Waals surface area contributed by atoms with Gasteiger partial charge in [-0.15, -0.1) is 0 Å². The monoisotopic (exact) mass is 278 g/mol. The molecule has 1 aliphatic carbocycles. The van der Waals surface area contributed by atoms with Crippen LogP contribution in [0, 0.1) is 6.92 Å². The van der Waals surface area contributed by atoms with Gasteiger partial charge in [-0.1, -0.05) is 6.92 Å². The number of nitrogens with one attached hydrogen (secondary N) is 1. The second kappa shape index (κ2) is 6.33. The highest BCUT2D eigenvalue weighted by Crippen LogP contribution is 2.29. The second-order valence-corrected chi connectivity index (χ2v) is 6.71. The summed E-state index contributed by atoms with van der Waals surface area (Å²) in [5.74, 6) is 1.18.